The molecule has 0 aliphatic carbocycles. The van der Waals surface area contributed by atoms with Gasteiger partial charge < -0.3 is 11.3 Å². The number of carboxylic acids is 1. The van der Waals surface area contributed by atoms with Crippen molar-refractivity contribution in [1.29, 1.82) is 0 Å². The summed E-state index contributed by atoms with van der Waals surface area (Å²) in [5, 5.41) is 9.00. The van der Waals surface area contributed by atoms with Gasteiger partial charge in [0.05, 0.1) is 5.41 Å². The third-order valence-electron chi connectivity index (χ3n) is 3.98. The lowest BCUT2D eigenvalue weighted by Crippen LogP contribution is -2.23. The molecule has 0 spiro atoms. The van der Waals surface area contributed by atoms with Crippen LogP contribution < -0.4 is 6.15 Å². The van der Waals surface area contributed by atoms with Crippen molar-refractivity contribution in [2.45, 2.75) is 97.8 Å². The molecule has 20 heavy (non-hydrogen) atoms. The molecule has 3 nitrogen and oxygen atoms in total. The second-order valence-electron chi connectivity index (χ2n) is 6.47. The molecule has 4 N–H and O–H groups in total. The van der Waals surface area contributed by atoms with Gasteiger partial charge in [0, 0.05) is 0 Å². The van der Waals surface area contributed by atoms with E-state index in [0.29, 0.717) is 0 Å². The molecule has 0 atom stereocenters. The van der Waals surface area contributed by atoms with Crippen LogP contribution in [0.25, 0.3) is 0 Å². The van der Waals surface area contributed by atoms with Gasteiger partial charge in [0.2, 0.25) is 0 Å². The Labute approximate surface area is 126 Å². The highest BCUT2D eigenvalue weighted by Crippen LogP contribution is 2.24. The summed E-state index contributed by atoms with van der Waals surface area (Å²) in [6.45, 7) is 5.91. The molecule has 0 saturated carbocycles. The summed E-state index contributed by atoms with van der Waals surface area (Å²) in [6.07, 6.45) is 15.3. The molecule has 0 aromatic rings. The average molecular weight is 287 g/mol. The van der Waals surface area contributed by atoms with E-state index >= 15 is 0 Å². The molecule has 0 aromatic heterocycles. The Morgan fingerprint density at radius 2 is 1.15 bits per heavy atom. The Balaban J connectivity index is 0. The highest BCUT2D eigenvalue weighted by atomic mass is 16.4. The van der Waals surface area contributed by atoms with E-state index in [2.05, 4.69) is 6.92 Å². The number of carboxylic acid groups (broad SMARTS) is 1. The van der Waals surface area contributed by atoms with Crippen LogP contribution in [0.4, 0.5) is 0 Å². The third-order valence-corrected chi connectivity index (χ3v) is 3.98. The second-order valence-corrected chi connectivity index (χ2v) is 6.47. The number of hydrogen-bond donors (Lipinski definition) is 2. The first-order valence-electron chi connectivity index (χ1n) is 8.24. The molecule has 0 aliphatic heterocycles. The van der Waals surface area contributed by atoms with E-state index in [0.717, 1.165) is 12.8 Å². The van der Waals surface area contributed by atoms with Crippen molar-refractivity contribution >= 4 is 5.97 Å². The van der Waals surface area contributed by atoms with E-state index < -0.39 is 11.4 Å². The summed E-state index contributed by atoms with van der Waals surface area (Å²) >= 11 is 0. The topological polar surface area (TPSA) is 72.3 Å². The lowest BCUT2D eigenvalue weighted by molar-refractivity contribution is -0.147. The van der Waals surface area contributed by atoms with Gasteiger partial charge in [0.25, 0.3) is 0 Å². The Kier molecular flexibility index (Phi) is 14.6. The predicted molar refractivity (Wildman–Crippen MR) is 87.5 cm³/mol. The standard InChI is InChI=1S/C17H34O2.H3N/c1-4-5-6-7-8-9-10-11-12-13-14-15-17(2,3)16(18)19;/h4-15H2,1-3H3,(H,18,19);1H3. The van der Waals surface area contributed by atoms with Crippen molar-refractivity contribution < 1.29 is 9.90 Å². The second kappa shape index (κ2) is 13.4. The Morgan fingerprint density at radius 3 is 1.50 bits per heavy atom. The van der Waals surface area contributed by atoms with E-state index in [1.165, 1.54) is 64.2 Å². The van der Waals surface area contributed by atoms with Crippen LogP contribution in [0.1, 0.15) is 97.8 Å². The van der Waals surface area contributed by atoms with Crippen LogP contribution in [0, 0.1) is 5.41 Å². The van der Waals surface area contributed by atoms with Gasteiger partial charge in [0.15, 0.2) is 0 Å². The number of carbonyl (C=O) groups is 1. The van der Waals surface area contributed by atoms with Gasteiger partial charge in [-0.2, -0.15) is 0 Å². The average Bonchev–Trinajstić information content (AvgIpc) is 2.35. The summed E-state index contributed by atoms with van der Waals surface area (Å²) < 4.78 is 0. The maximum Gasteiger partial charge on any atom is 0.309 e. The first kappa shape index (κ1) is 21.7. The Bertz CT molecular complexity index is 227. The van der Waals surface area contributed by atoms with Gasteiger partial charge >= 0.3 is 5.97 Å². The monoisotopic (exact) mass is 287 g/mol. The fourth-order valence-corrected chi connectivity index (χ4v) is 2.34. The molecule has 0 radical (unpaired) electrons. The summed E-state index contributed by atoms with van der Waals surface area (Å²) in [5.74, 6) is -0.667. The van der Waals surface area contributed by atoms with Crippen molar-refractivity contribution in [1.82, 2.24) is 6.15 Å². The number of hydrogen-bond acceptors (Lipinski definition) is 2. The van der Waals surface area contributed by atoms with Gasteiger partial charge in [-0.3, -0.25) is 4.79 Å². The summed E-state index contributed by atoms with van der Waals surface area (Å²) in [5.41, 5.74) is -0.542. The largest absolute Gasteiger partial charge is 0.481 e. The fourth-order valence-electron chi connectivity index (χ4n) is 2.34. The van der Waals surface area contributed by atoms with Gasteiger partial charge in [-0.1, -0.05) is 77.6 Å². The minimum Gasteiger partial charge on any atom is -0.481 e. The van der Waals surface area contributed by atoms with Crippen LogP contribution >= 0.6 is 0 Å². The molecule has 0 bridgehead atoms. The third kappa shape index (κ3) is 12.5. The number of unbranched alkanes of at least 4 members (excludes halogenated alkanes) is 10. The molecule has 0 rings (SSSR count). The fraction of sp³-hybridized carbons (Fsp3) is 0.941. The number of aliphatic carboxylic acids is 1. The van der Waals surface area contributed by atoms with Crippen molar-refractivity contribution in [3.05, 3.63) is 0 Å². The molecule has 3 heteroatoms. The van der Waals surface area contributed by atoms with Crippen molar-refractivity contribution in [2.24, 2.45) is 5.41 Å². The molecule has 0 aromatic carbocycles. The molecule has 0 fully saturated rings. The summed E-state index contributed by atoms with van der Waals surface area (Å²) in [4.78, 5) is 10.9. The van der Waals surface area contributed by atoms with Crippen LogP contribution in [0.2, 0.25) is 0 Å². The molecular weight excluding hydrogens is 250 g/mol. The summed E-state index contributed by atoms with van der Waals surface area (Å²) in [7, 11) is 0. The SMILES string of the molecule is CCCCCCCCCCCCCC(C)(C)C(=O)O.N. The van der Waals surface area contributed by atoms with E-state index in [4.69, 9.17) is 5.11 Å². The zero-order valence-corrected chi connectivity index (χ0v) is 14.0. The molecule has 0 amide bonds. The van der Waals surface area contributed by atoms with Gasteiger partial charge in [-0.25, -0.2) is 0 Å². The van der Waals surface area contributed by atoms with Crippen LogP contribution in [-0.4, -0.2) is 11.1 Å². The lowest BCUT2D eigenvalue weighted by Gasteiger charge is -2.18. The first-order valence-corrected chi connectivity index (χ1v) is 8.24. The zero-order chi connectivity index (χ0) is 14.6. The molecule has 0 aliphatic rings. The minimum atomic E-state index is -0.667. The first-order chi connectivity index (χ1) is 9.00. The van der Waals surface area contributed by atoms with Crippen molar-refractivity contribution in [3.63, 3.8) is 0 Å². The quantitative estimate of drug-likeness (QED) is 0.410. The molecular formula is C17H37NO2. The van der Waals surface area contributed by atoms with Crippen molar-refractivity contribution in [2.75, 3.05) is 0 Å². The van der Waals surface area contributed by atoms with E-state index in [-0.39, 0.29) is 6.15 Å². The van der Waals surface area contributed by atoms with Crippen LogP contribution in [-0.2, 0) is 4.79 Å². The van der Waals surface area contributed by atoms with Crippen molar-refractivity contribution in [3.8, 4) is 0 Å². The lowest BCUT2D eigenvalue weighted by atomic mass is 9.87. The molecule has 0 heterocycles. The highest BCUT2D eigenvalue weighted by molar-refractivity contribution is 5.73. The Hall–Kier alpha value is -0.570. The van der Waals surface area contributed by atoms with Crippen LogP contribution in [0.5, 0.6) is 0 Å². The van der Waals surface area contributed by atoms with E-state index in [1.807, 2.05) is 13.8 Å². The Morgan fingerprint density at radius 1 is 0.800 bits per heavy atom. The van der Waals surface area contributed by atoms with E-state index in [9.17, 15) is 4.79 Å². The predicted octanol–water partition coefficient (Wildman–Crippen LogP) is 5.96. The maximum absolute atomic E-state index is 10.9. The normalized spacial score (nSPS) is 11.2. The molecule has 122 valence electrons. The van der Waals surface area contributed by atoms with Gasteiger partial charge in [-0.05, 0) is 20.3 Å². The minimum absolute atomic E-state index is 0. The van der Waals surface area contributed by atoms with Crippen LogP contribution in [0.3, 0.4) is 0 Å². The van der Waals surface area contributed by atoms with Gasteiger partial charge in [-0.15, -0.1) is 0 Å². The molecule has 0 unspecified atom stereocenters. The number of rotatable bonds is 13. The maximum atomic E-state index is 10.9. The van der Waals surface area contributed by atoms with E-state index in [1.54, 1.807) is 0 Å². The van der Waals surface area contributed by atoms with Crippen LogP contribution in [0.15, 0.2) is 0 Å². The molecule has 0 saturated heterocycles. The van der Waals surface area contributed by atoms with Gasteiger partial charge in [0.1, 0.15) is 0 Å². The highest BCUT2D eigenvalue weighted by Gasteiger charge is 2.25. The zero-order valence-electron chi connectivity index (χ0n) is 14.0. The smallest absolute Gasteiger partial charge is 0.309 e. The summed E-state index contributed by atoms with van der Waals surface area (Å²) in [6, 6.07) is 0.